The standard InChI is InChI=1S/C7H13N/c1-5-6-3-2-4-7(5)8-6/h5-8H,2-4H2,1H3. The Balaban J connectivity index is 2.03. The van der Waals surface area contributed by atoms with Crippen LogP contribution in [0.3, 0.4) is 0 Å². The molecule has 0 amide bonds. The molecule has 2 heterocycles. The average molecular weight is 111 g/mol. The first kappa shape index (κ1) is 4.80. The molecule has 1 saturated carbocycles. The molecule has 0 aromatic heterocycles. The van der Waals surface area contributed by atoms with Gasteiger partial charge in [0, 0.05) is 12.1 Å². The fourth-order valence-electron chi connectivity index (χ4n) is 1.99. The molecule has 2 bridgehead atoms. The highest BCUT2D eigenvalue weighted by Crippen LogP contribution is 2.33. The molecule has 3 fully saturated rings. The van der Waals surface area contributed by atoms with Crippen LogP contribution in [0.5, 0.6) is 0 Å². The molecule has 46 valence electrons. The van der Waals surface area contributed by atoms with Crippen LogP contribution in [0.4, 0.5) is 0 Å². The van der Waals surface area contributed by atoms with Crippen molar-refractivity contribution in [3.8, 4) is 0 Å². The van der Waals surface area contributed by atoms with Crippen molar-refractivity contribution in [3.63, 3.8) is 0 Å². The average Bonchev–Trinajstić information content (AvgIpc) is 1.89. The summed E-state index contributed by atoms with van der Waals surface area (Å²) in [5.74, 6) is 0.990. The van der Waals surface area contributed by atoms with E-state index in [-0.39, 0.29) is 0 Å². The molecule has 3 rings (SSSR count). The van der Waals surface area contributed by atoms with Gasteiger partial charge in [-0.2, -0.15) is 0 Å². The molecule has 2 aliphatic heterocycles. The molecule has 1 aliphatic carbocycles. The van der Waals surface area contributed by atoms with Gasteiger partial charge in [0.2, 0.25) is 0 Å². The van der Waals surface area contributed by atoms with E-state index in [0.29, 0.717) is 0 Å². The molecular weight excluding hydrogens is 98.1 g/mol. The zero-order valence-electron chi connectivity index (χ0n) is 5.35. The fraction of sp³-hybridized carbons (Fsp3) is 1.00. The van der Waals surface area contributed by atoms with Crippen LogP contribution in [0.25, 0.3) is 0 Å². The Morgan fingerprint density at radius 1 is 1.25 bits per heavy atom. The summed E-state index contributed by atoms with van der Waals surface area (Å²) in [7, 11) is 0. The number of hydrogen-bond acceptors (Lipinski definition) is 1. The number of fused-ring (bicyclic) bond motifs is 2. The summed E-state index contributed by atoms with van der Waals surface area (Å²) in [6.07, 6.45) is 4.32. The van der Waals surface area contributed by atoms with E-state index in [1.807, 2.05) is 0 Å². The third kappa shape index (κ3) is 0.455. The van der Waals surface area contributed by atoms with Gasteiger partial charge in [-0.3, -0.25) is 0 Å². The van der Waals surface area contributed by atoms with Crippen molar-refractivity contribution < 1.29 is 0 Å². The number of rotatable bonds is 0. The van der Waals surface area contributed by atoms with Gasteiger partial charge in [0.15, 0.2) is 0 Å². The van der Waals surface area contributed by atoms with Crippen molar-refractivity contribution in [1.29, 1.82) is 0 Å². The second-order valence-corrected chi connectivity index (χ2v) is 3.17. The lowest BCUT2D eigenvalue weighted by molar-refractivity contribution is 0.0962. The van der Waals surface area contributed by atoms with Crippen molar-refractivity contribution in [3.05, 3.63) is 0 Å². The van der Waals surface area contributed by atoms with Crippen LogP contribution in [0.15, 0.2) is 0 Å². The minimum Gasteiger partial charge on any atom is -0.311 e. The van der Waals surface area contributed by atoms with Gasteiger partial charge in [-0.15, -0.1) is 0 Å². The van der Waals surface area contributed by atoms with E-state index in [0.717, 1.165) is 18.0 Å². The molecule has 0 aromatic carbocycles. The summed E-state index contributed by atoms with van der Waals surface area (Å²) in [5, 5.41) is 3.53. The smallest absolute Gasteiger partial charge is 0.0110 e. The van der Waals surface area contributed by atoms with Crippen molar-refractivity contribution in [1.82, 2.24) is 5.32 Å². The molecule has 2 saturated heterocycles. The summed E-state index contributed by atoms with van der Waals surface area (Å²) in [6, 6.07) is 1.79. The molecule has 1 nitrogen and oxygen atoms in total. The Hall–Kier alpha value is -0.0400. The molecule has 1 heteroatoms. The van der Waals surface area contributed by atoms with Crippen molar-refractivity contribution in [2.24, 2.45) is 5.92 Å². The van der Waals surface area contributed by atoms with Gasteiger partial charge in [-0.05, 0) is 18.8 Å². The third-order valence-electron chi connectivity index (χ3n) is 2.73. The maximum atomic E-state index is 3.53. The van der Waals surface area contributed by atoms with Crippen LogP contribution in [0.2, 0.25) is 0 Å². The van der Waals surface area contributed by atoms with E-state index in [9.17, 15) is 0 Å². The van der Waals surface area contributed by atoms with E-state index >= 15 is 0 Å². The fourth-order valence-corrected chi connectivity index (χ4v) is 1.99. The Bertz CT molecular complexity index is 86.6. The van der Waals surface area contributed by atoms with Crippen molar-refractivity contribution in [2.45, 2.75) is 38.3 Å². The number of hydrogen-bond donors (Lipinski definition) is 1. The largest absolute Gasteiger partial charge is 0.311 e. The molecule has 0 aromatic rings. The molecule has 2 unspecified atom stereocenters. The van der Waals surface area contributed by atoms with Crippen LogP contribution in [-0.4, -0.2) is 12.1 Å². The first-order valence-corrected chi connectivity index (χ1v) is 3.64. The normalized spacial score (nSPS) is 52.9. The highest BCUT2D eigenvalue weighted by molar-refractivity contribution is 4.98. The van der Waals surface area contributed by atoms with Gasteiger partial charge in [0.05, 0.1) is 0 Å². The van der Waals surface area contributed by atoms with Gasteiger partial charge in [0.25, 0.3) is 0 Å². The summed E-state index contributed by atoms with van der Waals surface area (Å²) in [5.41, 5.74) is 0. The maximum Gasteiger partial charge on any atom is 0.0110 e. The van der Waals surface area contributed by atoms with Crippen LogP contribution in [0, 0.1) is 5.92 Å². The van der Waals surface area contributed by atoms with Crippen LogP contribution >= 0.6 is 0 Å². The third-order valence-corrected chi connectivity index (χ3v) is 2.73. The lowest BCUT2D eigenvalue weighted by Crippen LogP contribution is -2.62. The predicted octanol–water partition coefficient (Wildman–Crippen LogP) is 1.15. The summed E-state index contributed by atoms with van der Waals surface area (Å²) >= 11 is 0. The van der Waals surface area contributed by atoms with E-state index < -0.39 is 0 Å². The van der Waals surface area contributed by atoms with E-state index in [1.54, 1.807) is 0 Å². The Morgan fingerprint density at radius 2 is 1.88 bits per heavy atom. The van der Waals surface area contributed by atoms with Gasteiger partial charge in [0.1, 0.15) is 0 Å². The summed E-state index contributed by atoms with van der Waals surface area (Å²) < 4.78 is 0. The monoisotopic (exact) mass is 111 g/mol. The molecule has 0 spiro atoms. The Morgan fingerprint density at radius 3 is 2.12 bits per heavy atom. The van der Waals surface area contributed by atoms with Crippen molar-refractivity contribution in [2.75, 3.05) is 0 Å². The molecular formula is C7H13N. The van der Waals surface area contributed by atoms with Crippen LogP contribution in [-0.2, 0) is 0 Å². The Kier molecular flexibility index (Phi) is 0.884. The lowest BCUT2D eigenvalue weighted by atomic mass is 9.74. The first-order chi connectivity index (χ1) is 3.88. The van der Waals surface area contributed by atoms with Gasteiger partial charge in [-0.1, -0.05) is 13.3 Å². The lowest BCUT2D eigenvalue weighted by Gasteiger charge is -2.49. The van der Waals surface area contributed by atoms with Crippen molar-refractivity contribution >= 4 is 0 Å². The second kappa shape index (κ2) is 1.47. The minimum atomic E-state index is 0.897. The first-order valence-electron chi connectivity index (χ1n) is 3.64. The zero-order valence-corrected chi connectivity index (χ0v) is 5.35. The minimum absolute atomic E-state index is 0.897. The predicted molar refractivity (Wildman–Crippen MR) is 33.7 cm³/mol. The molecule has 8 heavy (non-hydrogen) atoms. The quantitative estimate of drug-likeness (QED) is 0.494. The molecule has 2 atom stereocenters. The van der Waals surface area contributed by atoms with Crippen LogP contribution < -0.4 is 5.32 Å². The van der Waals surface area contributed by atoms with Gasteiger partial charge in [-0.25, -0.2) is 0 Å². The zero-order chi connectivity index (χ0) is 5.56. The van der Waals surface area contributed by atoms with E-state index in [2.05, 4.69) is 12.2 Å². The highest BCUT2D eigenvalue weighted by atomic mass is 15.1. The number of nitrogens with one attached hydrogen (secondary N) is 1. The summed E-state index contributed by atoms with van der Waals surface area (Å²) in [6.45, 7) is 2.37. The second-order valence-electron chi connectivity index (χ2n) is 3.17. The van der Waals surface area contributed by atoms with Gasteiger partial charge >= 0.3 is 0 Å². The number of piperidine rings is 1. The highest BCUT2D eigenvalue weighted by Gasteiger charge is 2.39. The van der Waals surface area contributed by atoms with E-state index in [1.165, 1.54) is 19.3 Å². The summed E-state index contributed by atoms with van der Waals surface area (Å²) in [4.78, 5) is 0. The molecule has 0 radical (unpaired) electrons. The topological polar surface area (TPSA) is 12.0 Å². The van der Waals surface area contributed by atoms with Gasteiger partial charge < -0.3 is 5.32 Å². The SMILES string of the molecule is CC1C2CCCC1N2. The molecule has 3 aliphatic rings. The Labute approximate surface area is 50.5 Å². The van der Waals surface area contributed by atoms with Crippen LogP contribution in [0.1, 0.15) is 26.2 Å². The van der Waals surface area contributed by atoms with E-state index in [4.69, 9.17) is 0 Å². The molecule has 1 N–H and O–H groups in total. The maximum absolute atomic E-state index is 3.53.